The summed E-state index contributed by atoms with van der Waals surface area (Å²) in [5, 5.41) is 3.63. The fourth-order valence-electron chi connectivity index (χ4n) is 3.58. The molecule has 0 fully saturated rings. The fraction of sp³-hybridized carbons (Fsp3) is 0.107. The average molecular weight is 572 g/mol. The number of nitrogens with one attached hydrogen (secondary N) is 1. The lowest BCUT2D eigenvalue weighted by Crippen LogP contribution is -2.29. The summed E-state index contributed by atoms with van der Waals surface area (Å²) in [6.07, 6.45) is 1.11. The van der Waals surface area contributed by atoms with Crippen molar-refractivity contribution in [2.75, 3.05) is 15.9 Å². The molecule has 4 rings (SSSR count). The molecule has 0 saturated heterocycles. The monoisotopic (exact) mass is 570 g/mol. The molecule has 0 aromatic heterocycles. The van der Waals surface area contributed by atoms with Crippen LogP contribution in [0, 0.1) is 0 Å². The van der Waals surface area contributed by atoms with Gasteiger partial charge < -0.3 is 5.32 Å². The van der Waals surface area contributed by atoms with Gasteiger partial charge in [-0.25, -0.2) is 8.42 Å². The molecule has 0 aliphatic rings. The second kappa shape index (κ2) is 12.0. The predicted molar refractivity (Wildman–Crippen MR) is 154 cm³/mol. The Balaban J connectivity index is 1.42. The first-order valence-corrected chi connectivity index (χ1v) is 14.9. The molecule has 1 N–H and O–H groups in total. The van der Waals surface area contributed by atoms with Crippen LogP contribution in [0.1, 0.15) is 21.5 Å². The molecule has 37 heavy (non-hydrogen) atoms. The topological polar surface area (TPSA) is 66.5 Å². The largest absolute Gasteiger partial charge is 0.322 e. The summed E-state index contributed by atoms with van der Waals surface area (Å²) in [5.41, 5.74) is 3.13. The van der Waals surface area contributed by atoms with Gasteiger partial charge in [-0.15, -0.1) is 11.8 Å². The highest BCUT2D eigenvalue weighted by Gasteiger charge is 2.21. The highest BCUT2D eigenvalue weighted by atomic mass is 35.5. The van der Waals surface area contributed by atoms with Gasteiger partial charge in [-0.3, -0.25) is 9.10 Å². The van der Waals surface area contributed by atoms with E-state index in [0.29, 0.717) is 32.5 Å². The van der Waals surface area contributed by atoms with Crippen LogP contribution in [-0.4, -0.2) is 20.6 Å². The molecular formula is C28H24Cl2N2O3S2. The van der Waals surface area contributed by atoms with Gasteiger partial charge in [0.05, 0.1) is 18.5 Å². The molecule has 0 bridgehead atoms. The molecule has 0 atom stereocenters. The van der Waals surface area contributed by atoms with E-state index < -0.39 is 10.0 Å². The van der Waals surface area contributed by atoms with Crippen LogP contribution >= 0.6 is 35.0 Å². The van der Waals surface area contributed by atoms with Crippen LogP contribution in [0.15, 0.2) is 102 Å². The smallest absolute Gasteiger partial charge is 0.255 e. The second-order valence-corrected chi connectivity index (χ2v) is 12.0. The quantitative estimate of drug-likeness (QED) is 0.211. The molecule has 4 aromatic rings. The number of carbonyl (C=O) groups excluding carboxylic acids is 1. The Bertz CT molecular complexity index is 1460. The van der Waals surface area contributed by atoms with Gasteiger partial charge in [0, 0.05) is 37.5 Å². The Morgan fingerprint density at radius 3 is 2.05 bits per heavy atom. The summed E-state index contributed by atoms with van der Waals surface area (Å²) < 4.78 is 26.3. The number of hydrogen-bond donors (Lipinski definition) is 1. The van der Waals surface area contributed by atoms with Crippen LogP contribution in [0.4, 0.5) is 11.4 Å². The van der Waals surface area contributed by atoms with Gasteiger partial charge in [0.25, 0.3) is 5.91 Å². The number of amides is 1. The van der Waals surface area contributed by atoms with E-state index in [-0.39, 0.29) is 12.5 Å². The van der Waals surface area contributed by atoms with E-state index in [2.05, 4.69) is 17.4 Å². The summed E-state index contributed by atoms with van der Waals surface area (Å²) >= 11 is 14.2. The minimum absolute atomic E-state index is 0.0300. The second-order valence-electron chi connectivity index (χ2n) is 8.27. The molecule has 4 aromatic carbocycles. The summed E-state index contributed by atoms with van der Waals surface area (Å²) in [5.74, 6) is 0.536. The molecular weight excluding hydrogens is 547 g/mol. The zero-order valence-corrected chi connectivity index (χ0v) is 23.0. The van der Waals surface area contributed by atoms with Crippen LogP contribution in [-0.2, 0) is 22.3 Å². The number of carbonyl (C=O) groups is 1. The van der Waals surface area contributed by atoms with Crippen LogP contribution < -0.4 is 9.62 Å². The normalized spacial score (nSPS) is 11.2. The highest BCUT2D eigenvalue weighted by Crippen LogP contribution is 2.29. The lowest BCUT2D eigenvalue weighted by Gasteiger charge is -2.23. The van der Waals surface area contributed by atoms with E-state index in [0.717, 1.165) is 17.6 Å². The summed E-state index contributed by atoms with van der Waals surface area (Å²) in [6, 6.07) is 29.2. The van der Waals surface area contributed by atoms with Gasteiger partial charge in [0.15, 0.2) is 0 Å². The lowest BCUT2D eigenvalue weighted by atomic mass is 10.1. The molecule has 0 radical (unpaired) electrons. The van der Waals surface area contributed by atoms with Crippen LogP contribution in [0.25, 0.3) is 0 Å². The van der Waals surface area contributed by atoms with Crippen LogP contribution in [0.2, 0.25) is 10.0 Å². The third kappa shape index (κ3) is 7.29. The Morgan fingerprint density at radius 2 is 1.46 bits per heavy atom. The van der Waals surface area contributed by atoms with E-state index in [4.69, 9.17) is 23.2 Å². The van der Waals surface area contributed by atoms with E-state index in [9.17, 15) is 13.2 Å². The van der Waals surface area contributed by atoms with E-state index in [1.54, 1.807) is 54.2 Å². The maximum atomic E-state index is 12.8. The minimum atomic E-state index is -3.64. The van der Waals surface area contributed by atoms with E-state index >= 15 is 0 Å². The van der Waals surface area contributed by atoms with Crippen molar-refractivity contribution < 1.29 is 13.2 Å². The molecule has 0 heterocycles. The number of benzene rings is 4. The number of sulfonamides is 1. The number of anilines is 2. The van der Waals surface area contributed by atoms with Crippen molar-refractivity contribution in [3.05, 3.63) is 124 Å². The van der Waals surface area contributed by atoms with Crippen molar-refractivity contribution in [1.29, 1.82) is 0 Å². The summed E-state index contributed by atoms with van der Waals surface area (Å²) in [4.78, 5) is 14.0. The molecule has 1 amide bonds. The number of rotatable bonds is 9. The van der Waals surface area contributed by atoms with E-state index in [1.165, 1.54) is 9.20 Å². The van der Waals surface area contributed by atoms with Gasteiger partial charge >= 0.3 is 0 Å². The zero-order chi connectivity index (χ0) is 26.4. The molecule has 0 unspecified atom stereocenters. The first kappa shape index (κ1) is 27.1. The molecule has 0 spiro atoms. The fourth-order valence-corrected chi connectivity index (χ4v) is 5.84. The highest BCUT2D eigenvalue weighted by molar-refractivity contribution is 7.98. The average Bonchev–Trinajstić information content (AvgIpc) is 2.88. The third-order valence-corrected chi connectivity index (χ3v) is 8.47. The van der Waals surface area contributed by atoms with Gasteiger partial charge in [-0.1, -0.05) is 59.6 Å². The van der Waals surface area contributed by atoms with Crippen molar-refractivity contribution in [3.8, 4) is 0 Å². The number of halogens is 2. The predicted octanol–water partition coefficient (Wildman–Crippen LogP) is 7.50. The van der Waals surface area contributed by atoms with Crippen molar-refractivity contribution in [2.24, 2.45) is 0 Å². The Hall–Kier alpha value is -2.97. The standard InChI is InChI=1S/C28H24Cl2N2O3S2/c1-37(34,35)32(18-25-26(29)8-5-9-27(25)30)23-16-12-21(13-17-23)28(33)31-22-14-10-20(11-15-22)19-36-24-6-3-2-4-7-24/h2-17H,18-19H2,1H3,(H,31,33). The van der Waals surface area contributed by atoms with E-state index in [1.807, 2.05) is 42.5 Å². The van der Waals surface area contributed by atoms with Gasteiger partial charge in [0.2, 0.25) is 10.0 Å². The van der Waals surface area contributed by atoms with Crippen molar-refractivity contribution >= 4 is 62.3 Å². The first-order chi connectivity index (χ1) is 17.7. The molecule has 5 nitrogen and oxygen atoms in total. The van der Waals surface area contributed by atoms with Crippen molar-refractivity contribution in [1.82, 2.24) is 0 Å². The first-order valence-electron chi connectivity index (χ1n) is 11.3. The Morgan fingerprint density at radius 1 is 0.838 bits per heavy atom. The van der Waals surface area contributed by atoms with Crippen LogP contribution in [0.5, 0.6) is 0 Å². The van der Waals surface area contributed by atoms with Crippen molar-refractivity contribution in [2.45, 2.75) is 17.2 Å². The third-order valence-electron chi connectivity index (χ3n) is 5.54. The number of thioether (sulfide) groups is 1. The van der Waals surface area contributed by atoms with Crippen molar-refractivity contribution in [3.63, 3.8) is 0 Å². The molecule has 0 saturated carbocycles. The molecule has 9 heteroatoms. The zero-order valence-electron chi connectivity index (χ0n) is 19.9. The minimum Gasteiger partial charge on any atom is -0.322 e. The summed E-state index contributed by atoms with van der Waals surface area (Å²) in [6.45, 7) is -0.0300. The SMILES string of the molecule is CS(=O)(=O)N(Cc1c(Cl)cccc1Cl)c1ccc(C(=O)Nc2ccc(CSc3ccccc3)cc2)cc1. The van der Waals surface area contributed by atoms with Gasteiger partial charge in [0.1, 0.15) is 0 Å². The lowest BCUT2D eigenvalue weighted by molar-refractivity contribution is 0.102. The molecule has 0 aliphatic heterocycles. The summed E-state index contributed by atoms with van der Waals surface area (Å²) in [7, 11) is -3.64. The van der Waals surface area contributed by atoms with Crippen LogP contribution in [0.3, 0.4) is 0 Å². The molecule has 190 valence electrons. The Labute approximate surface area is 231 Å². The maximum Gasteiger partial charge on any atom is 0.255 e. The van der Waals surface area contributed by atoms with Gasteiger partial charge in [-0.2, -0.15) is 0 Å². The molecule has 0 aliphatic carbocycles. The Kier molecular flexibility index (Phi) is 8.82. The van der Waals surface area contributed by atoms with Gasteiger partial charge in [-0.05, 0) is 66.2 Å². The number of nitrogens with zero attached hydrogens (tertiary/aromatic N) is 1. The maximum absolute atomic E-state index is 12.8. The number of hydrogen-bond acceptors (Lipinski definition) is 4.